The Balaban J connectivity index is 1.78. The number of nitrogens with zero attached hydrogens (tertiary/aromatic N) is 2. The van der Waals surface area contributed by atoms with Crippen LogP contribution in [0, 0.1) is 11.7 Å². The Bertz CT molecular complexity index is 702. The highest BCUT2D eigenvalue weighted by atomic mass is 19.1. The van der Waals surface area contributed by atoms with E-state index in [1.807, 2.05) is 0 Å². The molecule has 0 spiro atoms. The van der Waals surface area contributed by atoms with Gasteiger partial charge in [0.05, 0.1) is 0 Å². The van der Waals surface area contributed by atoms with Crippen molar-refractivity contribution in [3.8, 4) is 0 Å². The molecular weight excluding hydrogens is 325 g/mol. The summed E-state index contributed by atoms with van der Waals surface area (Å²) < 4.78 is 13.2. The van der Waals surface area contributed by atoms with Crippen LogP contribution in [0.3, 0.4) is 0 Å². The van der Waals surface area contributed by atoms with E-state index in [9.17, 15) is 18.8 Å². The molecule has 7 heteroatoms. The predicted octanol–water partition coefficient (Wildman–Crippen LogP) is 1.85. The molecule has 1 aliphatic heterocycles. The van der Waals surface area contributed by atoms with Gasteiger partial charge in [0, 0.05) is 13.6 Å². The fourth-order valence-electron chi connectivity index (χ4n) is 3.19. The van der Waals surface area contributed by atoms with Gasteiger partial charge in [0.15, 0.2) is 0 Å². The number of hydrogen-bond acceptors (Lipinski definition) is 3. The summed E-state index contributed by atoms with van der Waals surface area (Å²) in [5.74, 6) is -0.618. The zero-order chi connectivity index (χ0) is 18.2. The van der Waals surface area contributed by atoms with Gasteiger partial charge in [-0.1, -0.05) is 19.1 Å². The maximum absolute atomic E-state index is 13.2. The molecule has 3 rings (SSSR count). The van der Waals surface area contributed by atoms with Crippen LogP contribution in [0.1, 0.15) is 31.7 Å². The molecule has 0 aromatic heterocycles. The highest BCUT2D eigenvalue weighted by Crippen LogP contribution is 2.33. The van der Waals surface area contributed by atoms with Gasteiger partial charge in [-0.2, -0.15) is 0 Å². The van der Waals surface area contributed by atoms with Gasteiger partial charge >= 0.3 is 6.03 Å². The van der Waals surface area contributed by atoms with Crippen molar-refractivity contribution < 1.29 is 18.8 Å². The van der Waals surface area contributed by atoms with Crippen LogP contribution in [-0.2, 0) is 15.1 Å². The molecule has 1 heterocycles. The molecule has 1 aliphatic carbocycles. The summed E-state index contributed by atoms with van der Waals surface area (Å²) in [6.07, 6.45) is 2.54. The van der Waals surface area contributed by atoms with E-state index in [0.717, 1.165) is 17.7 Å². The molecule has 0 unspecified atom stereocenters. The van der Waals surface area contributed by atoms with Crippen molar-refractivity contribution in [2.24, 2.45) is 5.92 Å². The van der Waals surface area contributed by atoms with Gasteiger partial charge in [-0.3, -0.25) is 14.5 Å². The van der Waals surface area contributed by atoms with Crippen molar-refractivity contribution in [2.75, 3.05) is 20.1 Å². The van der Waals surface area contributed by atoms with Crippen molar-refractivity contribution >= 4 is 17.8 Å². The van der Waals surface area contributed by atoms with E-state index >= 15 is 0 Å². The van der Waals surface area contributed by atoms with Crippen LogP contribution in [-0.4, -0.2) is 47.8 Å². The van der Waals surface area contributed by atoms with Gasteiger partial charge in [0.1, 0.15) is 17.9 Å². The van der Waals surface area contributed by atoms with E-state index in [1.54, 1.807) is 18.9 Å². The largest absolute Gasteiger partial charge is 0.344 e. The van der Waals surface area contributed by atoms with Gasteiger partial charge in [0.2, 0.25) is 5.91 Å². The molecule has 6 nitrogen and oxygen atoms in total. The molecular formula is C18H22FN3O3. The molecule has 25 heavy (non-hydrogen) atoms. The van der Waals surface area contributed by atoms with Gasteiger partial charge < -0.3 is 10.2 Å². The van der Waals surface area contributed by atoms with Crippen LogP contribution in [0.4, 0.5) is 9.18 Å². The van der Waals surface area contributed by atoms with E-state index < -0.39 is 23.3 Å². The number of amides is 4. The number of likely N-dealkylation sites (N-methyl/N-ethyl adjacent to an activating group) is 1. The van der Waals surface area contributed by atoms with E-state index in [4.69, 9.17) is 0 Å². The molecule has 1 N–H and O–H groups in total. The Morgan fingerprint density at radius 2 is 1.96 bits per heavy atom. The first kappa shape index (κ1) is 17.4. The maximum Gasteiger partial charge on any atom is 0.325 e. The molecule has 1 aromatic rings. The monoisotopic (exact) mass is 347 g/mol. The van der Waals surface area contributed by atoms with Crippen LogP contribution in [0.5, 0.6) is 0 Å². The van der Waals surface area contributed by atoms with Gasteiger partial charge in [-0.25, -0.2) is 9.18 Å². The number of rotatable bonds is 6. The smallest absolute Gasteiger partial charge is 0.325 e. The van der Waals surface area contributed by atoms with Crippen molar-refractivity contribution in [1.29, 1.82) is 0 Å². The lowest BCUT2D eigenvalue weighted by molar-refractivity contribution is -0.138. The van der Waals surface area contributed by atoms with Gasteiger partial charge in [-0.15, -0.1) is 0 Å². The Hall–Kier alpha value is -2.44. The second-order valence-electron chi connectivity index (χ2n) is 6.80. The highest BCUT2D eigenvalue weighted by molar-refractivity contribution is 6.09. The second-order valence-corrected chi connectivity index (χ2v) is 6.80. The lowest BCUT2D eigenvalue weighted by atomic mass is 9.87. The summed E-state index contributed by atoms with van der Waals surface area (Å²) in [6, 6.07) is 4.89. The molecule has 1 aromatic carbocycles. The first-order valence-electron chi connectivity index (χ1n) is 8.51. The first-order chi connectivity index (χ1) is 11.9. The number of carbonyl (C=O) groups excluding carboxylic acids is 3. The maximum atomic E-state index is 13.2. The summed E-state index contributed by atoms with van der Waals surface area (Å²) in [6.45, 7) is 2.14. The standard InChI is InChI=1S/C18H22FN3O3/c1-3-18(13-6-8-14(19)9-7-13)16(24)22(17(25)20-18)11-15(23)21(2)10-12-4-5-12/h6-9,12H,3-5,10-11H2,1-2H3,(H,20,25)/t18-/m1/s1. The third-order valence-corrected chi connectivity index (χ3v) is 4.99. The SMILES string of the molecule is CC[C@]1(c2ccc(F)cc2)NC(=O)N(CC(=O)N(C)CC2CC2)C1=O. The van der Waals surface area contributed by atoms with Gasteiger partial charge in [-0.05, 0) is 42.9 Å². The number of hydrogen-bond donors (Lipinski definition) is 1. The fourth-order valence-corrected chi connectivity index (χ4v) is 3.19. The third kappa shape index (κ3) is 3.23. The lowest BCUT2D eigenvalue weighted by Gasteiger charge is -2.26. The van der Waals surface area contributed by atoms with E-state index in [-0.39, 0.29) is 12.5 Å². The third-order valence-electron chi connectivity index (χ3n) is 4.99. The molecule has 2 fully saturated rings. The summed E-state index contributed by atoms with van der Waals surface area (Å²) in [5.41, 5.74) is -0.740. The molecule has 2 aliphatic rings. The minimum Gasteiger partial charge on any atom is -0.344 e. The number of urea groups is 1. The summed E-state index contributed by atoms with van der Waals surface area (Å²) in [4.78, 5) is 40.1. The Morgan fingerprint density at radius 1 is 1.32 bits per heavy atom. The van der Waals surface area contributed by atoms with Crippen molar-refractivity contribution in [2.45, 2.75) is 31.7 Å². The predicted molar refractivity (Wildman–Crippen MR) is 89.0 cm³/mol. The average Bonchev–Trinajstić information content (AvgIpc) is 3.37. The Morgan fingerprint density at radius 3 is 2.52 bits per heavy atom. The topological polar surface area (TPSA) is 69.7 Å². The van der Waals surface area contributed by atoms with Crippen molar-refractivity contribution in [1.82, 2.24) is 15.1 Å². The average molecular weight is 347 g/mol. The molecule has 1 saturated carbocycles. The number of benzene rings is 1. The van der Waals surface area contributed by atoms with Crippen molar-refractivity contribution in [3.05, 3.63) is 35.6 Å². The second kappa shape index (κ2) is 6.46. The Kier molecular flexibility index (Phi) is 4.49. The number of carbonyl (C=O) groups is 3. The summed E-state index contributed by atoms with van der Waals surface area (Å²) in [7, 11) is 1.69. The van der Waals surface area contributed by atoms with E-state index in [1.165, 1.54) is 24.3 Å². The molecule has 0 radical (unpaired) electrons. The molecule has 1 saturated heterocycles. The molecule has 4 amide bonds. The van der Waals surface area contributed by atoms with Crippen LogP contribution < -0.4 is 5.32 Å². The van der Waals surface area contributed by atoms with Crippen LogP contribution in [0.2, 0.25) is 0 Å². The first-order valence-corrected chi connectivity index (χ1v) is 8.51. The number of nitrogens with one attached hydrogen (secondary N) is 1. The summed E-state index contributed by atoms with van der Waals surface area (Å²) in [5, 5.41) is 2.69. The minimum absolute atomic E-state index is 0.263. The molecule has 1 atom stereocenters. The summed E-state index contributed by atoms with van der Waals surface area (Å²) >= 11 is 0. The van der Waals surface area contributed by atoms with E-state index in [2.05, 4.69) is 5.32 Å². The normalized spacial score (nSPS) is 22.9. The zero-order valence-corrected chi connectivity index (χ0v) is 14.4. The number of imide groups is 1. The van der Waals surface area contributed by atoms with Crippen LogP contribution >= 0.6 is 0 Å². The molecule has 0 bridgehead atoms. The molecule has 134 valence electrons. The lowest BCUT2D eigenvalue weighted by Crippen LogP contribution is -2.45. The number of halogens is 1. The van der Waals surface area contributed by atoms with Crippen LogP contribution in [0.25, 0.3) is 0 Å². The highest BCUT2D eigenvalue weighted by Gasteiger charge is 2.51. The van der Waals surface area contributed by atoms with Gasteiger partial charge in [0.25, 0.3) is 5.91 Å². The Labute approximate surface area is 146 Å². The zero-order valence-electron chi connectivity index (χ0n) is 14.4. The fraction of sp³-hybridized carbons (Fsp3) is 0.500. The minimum atomic E-state index is -1.25. The quantitative estimate of drug-likeness (QED) is 0.799. The van der Waals surface area contributed by atoms with E-state index in [0.29, 0.717) is 24.4 Å². The van der Waals surface area contributed by atoms with Crippen LogP contribution in [0.15, 0.2) is 24.3 Å². The van der Waals surface area contributed by atoms with Crippen molar-refractivity contribution in [3.63, 3.8) is 0 Å².